The number of amides is 1. The maximum absolute atomic E-state index is 12.3. The van der Waals surface area contributed by atoms with E-state index in [0.717, 1.165) is 24.0 Å². The fraction of sp³-hybridized carbons (Fsp3) is 0.176. The zero-order valence-corrected chi connectivity index (χ0v) is 12.4. The van der Waals surface area contributed by atoms with Gasteiger partial charge in [-0.05, 0) is 48.2 Å². The van der Waals surface area contributed by atoms with Crippen molar-refractivity contribution >= 4 is 23.5 Å². The molecule has 0 fully saturated rings. The summed E-state index contributed by atoms with van der Waals surface area (Å²) in [4.78, 5) is 23.3. The molecule has 1 aliphatic carbocycles. The number of benzene rings is 2. The predicted molar refractivity (Wildman–Crippen MR) is 83.4 cm³/mol. The standard InChI is InChI=1S/C17H14ClNO3/c18-14-4-2-1-3-13(14)16(20)19-15-8-6-10-9-11(17(21)22)5-7-12(10)15/h1-5,7,9,15H,6,8H2,(H,19,20)(H,21,22). The van der Waals surface area contributed by atoms with Crippen molar-refractivity contribution in [2.45, 2.75) is 18.9 Å². The van der Waals surface area contributed by atoms with Crippen LogP contribution in [0.5, 0.6) is 0 Å². The number of carbonyl (C=O) groups is 2. The first-order valence-electron chi connectivity index (χ1n) is 6.98. The number of fused-ring (bicyclic) bond motifs is 1. The van der Waals surface area contributed by atoms with Crippen LogP contribution in [0.3, 0.4) is 0 Å². The second-order valence-corrected chi connectivity index (χ2v) is 5.67. The van der Waals surface area contributed by atoms with Gasteiger partial charge in [0.15, 0.2) is 0 Å². The maximum atomic E-state index is 12.3. The molecule has 0 radical (unpaired) electrons. The SMILES string of the molecule is O=C(O)c1ccc2c(c1)CCC2NC(=O)c1ccccc1Cl. The van der Waals surface area contributed by atoms with Crippen LogP contribution in [0, 0.1) is 0 Å². The lowest BCUT2D eigenvalue weighted by Gasteiger charge is -2.15. The van der Waals surface area contributed by atoms with Crippen LogP contribution in [0.2, 0.25) is 5.02 Å². The van der Waals surface area contributed by atoms with Crippen molar-refractivity contribution in [3.63, 3.8) is 0 Å². The van der Waals surface area contributed by atoms with E-state index in [1.807, 2.05) is 0 Å². The third-order valence-electron chi connectivity index (χ3n) is 3.89. The Hall–Kier alpha value is -2.33. The summed E-state index contributed by atoms with van der Waals surface area (Å²) in [5.74, 6) is -1.16. The van der Waals surface area contributed by atoms with E-state index >= 15 is 0 Å². The zero-order valence-electron chi connectivity index (χ0n) is 11.7. The zero-order chi connectivity index (χ0) is 15.7. The lowest BCUT2D eigenvalue weighted by Crippen LogP contribution is -2.27. The van der Waals surface area contributed by atoms with Crippen LogP contribution in [0.15, 0.2) is 42.5 Å². The van der Waals surface area contributed by atoms with Gasteiger partial charge in [0.05, 0.1) is 22.2 Å². The number of aromatic carboxylic acids is 1. The van der Waals surface area contributed by atoms with Crippen molar-refractivity contribution in [1.29, 1.82) is 0 Å². The van der Waals surface area contributed by atoms with Gasteiger partial charge < -0.3 is 10.4 Å². The van der Waals surface area contributed by atoms with Crippen LogP contribution in [0.1, 0.15) is 44.3 Å². The minimum absolute atomic E-state index is 0.110. The fourth-order valence-corrected chi connectivity index (χ4v) is 3.00. The summed E-state index contributed by atoms with van der Waals surface area (Å²) in [6.45, 7) is 0. The minimum atomic E-state index is -0.939. The first-order chi connectivity index (χ1) is 10.6. The first kappa shape index (κ1) is 14.6. The molecule has 1 aliphatic rings. The van der Waals surface area contributed by atoms with Crippen LogP contribution in [-0.4, -0.2) is 17.0 Å². The highest BCUT2D eigenvalue weighted by atomic mass is 35.5. The van der Waals surface area contributed by atoms with Gasteiger partial charge >= 0.3 is 5.97 Å². The topological polar surface area (TPSA) is 66.4 Å². The Morgan fingerprint density at radius 1 is 1.18 bits per heavy atom. The summed E-state index contributed by atoms with van der Waals surface area (Å²) < 4.78 is 0. The van der Waals surface area contributed by atoms with Crippen molar-refractivity contribution in [3.05, 3.63) is 69.7 Å². The molecule has 0 saturated carbocycles. The quantitative estimate of drug-likeness (QED) is 0.911. The Labute approximate surface area is 132 Å². The van der Waals surface area contributed by atoms with Crippen molar-refractivity contribution in [2.75, 3.05) is 0 Å². The number of carboxylic acids is 1. The molecule has 0 bridgehead atoms. The second-order valence-electron chi connectivity index (χ2n) is 5.26. The van der Waals surface area contributed by atoms with Crippen LogP contribution in [0.25, 0.3) is 0 Å². The van der Waals surface area contributed by atoms with Gasteiger partial charge in [-0.2, -0.15) is 0 Å². The molecule has 0 heterocycles. The number of hydrogen-bond acceptors (Lipinski definition) is 2. The van der Waals surface area contributed by atoms with Crippen molar-refractivity contribution < 1.29 is 14.7 Å². The molecular formula is C17H14ClNO3. The van der Waals surface area contributed by atoms with Gasteiger partial charge in [0.25, 0.3) is 5.91 Å². The van der Waals surface area contributed by atoms with E-state index in [-0.39, 0.29) is 17.5 Å². The number of carboxylic acid groups (broad SMARTS) is 1. The molecule has 1 atom stereocenters. The number of halogens is 1. The Balaban J connectivity index is 1.81. The molecule has 22 heavy (non-hydrogen) atoms. The van der Waals surface area contributed by atoms with Gasteiger partial charge in [-0.25, -0.2) is 4.79 Å². The molecule has 0 saturated heterocycles. The van der Waals surface area contributed by atoms with E-state index < -0.39 is 5.97 Å². The normalized spacial score (nSPS) is 16.1. The Bertz CT molecular complexity index is 757. The molecule has 1 amide bonds. The number of aryl methyl sites for hydroxylation is 1. The molecule has 2 aromatic carbocycles. The summed E-state index contributed by atoms with van der Waals surface area (Å²) in [6.07, 6.45) is 1.51. The van der Waals surface area contributed by atoms with E-state index in [2.05, 4.69) is 5.32 Å². The Morgan fingerprint density at radius 3 is 2.68 bits per heavy atom. The molecule has 0 aliphatic heterocycles. The summed E-state index contributed by atoms with van der Waals surface area (Å²) >= 11 is 6.03. The summed E-state index contributed by atoms with van der Waals surface area (Å²) in [5, 5.41) is 12.4. The highest BCUT2D eigenvalue weighted by Gasteiger charge is 2.25. The van der Waals surface area contributed by atoms with Gasteiger partial charge in [-0.3, -0.25) is 4.79 Å². The van der Waals surface area contributed by atoms with Crippen LogP contribution < -0.4 is 5.32 Å². The Kier molecular flexibility index (Phi) is 3.86. The van der Waals surface area contributed by atoms with E-state index in [9.17, 15) is 9.59 Å². The average molecular weight is 316 g/mol. The molecule has 112 valence electrons. The molecule has 1 unspecified atom stereocenters. The van der Waals surface area contributed by atoms with Gasteiger partial charge in [0, 0.05) is 0 Å². The van der Waals surface area contributed by atoms with Crippen molar-refractivity contribution in [3.8, 4) is 0 Å². The molecule has 2 aromatic rings. The highest BCUT2D eigenvalue weighted by molar-refractivity contribution is 6.33. The van der Waals surface area contributed by atoms with Crippen LogP contribution in [0.4, 0.5) is 0 Å². The first-order valence-corrected chi connectivity index (χ1v) is 7.35. The number of nitrogens with one attached hydrogen (secondary N) is 1. The van der Waals surface area contributed by atoms with Gasteiger partial charge in [-0.15, -0.1) is 0 Å². The van der Waals surface area contributed by atoms with Crippen molar-refractivity contribution in [1.82, 2.24) is 5.32 Å². The predicted octanol–water partition coefficient (Wildman–Crippen LogP) is 3.46. The highest BCUT2D eigenvalue weighted by Crippen LogP contribution is 2.32. The van der Waals surface area contributed by atoms with E-state index in [4.69, 9.17) is 16.7 Å². The number of carbonyl (C=O) groups excluding carboxylic acids is 1. The minimum Gasteiger partial charge on any atom is -0.478 e. The molecule has 4 nitrogen and oxygen atoms in total. The third-order valence-corrected chi connectivity index (χ3v) is 4.22. The summed E-state index contributed by atoms with van der Waals surface area (Å²) in [7, 11) is 0. The average Bonchev–Trinajstić information content (AvgIpc) is 2.90. The maximum Gasteiger partial charge on any atom is 0.335 e. The van der Waals surface area contributed by atoms with E-state index in [1.54, 1.807) is 42.5 Å². The molecule has 2 N–H and O–H groups in total. The smallest absolute Gasteiger partial charge is 0.335 e. The molecular weight excluding hydrogens is 302 g/mol. The molecule has 0 spiro atoms. The van der Waals surface area contributed by atoms with Gasteiger partial charge in [-0.1, -0.05) is 29.8 Å². The van der Waals surface area contributed by atoms with E-state index in [0.29, 0.717) is 10.6 Å². The van der Waals surface area contributed by atoms with Gasteiger partial charge in [0.2, 0.25) is 0 Å². The number of hydrogen-bond donors (Lipinski definition) is 2. The molecule has 0 aromatic heterocycles. The summed E-state index contributed by atoms with van der Waals surface area (Å²) in [5.41, 5.74) is 2.67. The van der Waals surface area contributed by atoms with Crippen molar-refractivity contribution in [2.24, 2.45) is 0 Å². The second kappa shape index (κ2) is 5.81. The van der Waals surface area contributed by atoms with E-state index in [1.165, 1.54) is 0 Å². The largest absolute Gasteiger partial charge is 0.478 e. The lowest BCUT2D eigenvalue weighted by molar-refractivity contribution is 0.0696. The van der Waals surface area contributed by atoms with Crippen LogP contribution in [-0.2, 0) is 6.42 Å². The Morgan fingerprint density at radius 2 is 1.95 bits per heavy atom. The fourth-order valence-electron chi connectivity index (χ4n) is 2.78. The third kappa shape index (κ3) is 2.70. The monoisotopic (exact) mass is 315 g/mol. The number of rotatable bonds is 3. The summed E-state index contributed by atoms with van der Waals surface area (Å²) in [6, 6.07) is 11.8. The van der Waals surface area contributed by atoms with Gasteiger partial charge in [0.1, 0.15) is 0 Å². The molecule has 3 rings (SSSR count). The van der Waals surface area contributed by atoms with Crippen LogP contribution >= 0.6 is 11.6 Å². The lowest BCUT2D eigenvalue weighted by atomic mass is 10.0. The molecule has 5 heteroatoms.